The van der Waals surface area contributed by atoms with Gasteiger partial charge in [0, 0.05) is 0 Å². The minimum atomic E-state index is 0.738. The van der Waals surface area contributed by atoms with Crippen LogP contribution in [0.3, 0.4) is 0 Å². The molecule has 0 radical (unpaired) electrons. The third kappa shape index (κ3) is 5.19. The quantitative estimate of drug-likeness (QED) is 0.373. The lowest BCUT2D eigenvalue weighted by atomic mass is 9.83. The fraction of sp³-hybridized carbons (Fsp3) is 0.524. The Morgan fingerprint density at radius 2 is 1.95 bits per heavy atom. The molecular formula is C21H30. The summed E-state index contributed by atoms with van der Waals surface area (Å²) in [6.07, 6.45) is 15.9. The molecule has 0 heteroatoms. The maximum absolute atomic E-state index is 3.82. The summed E-state index contributed by atoms with van der Waals surface area (Å²) >= 11 is 0. The van der Waals surface area contributed by atoms with Crippen molar-refractivity contribution in [3.8, 4) is 0 Å². The van der Waals surface area contributed by atoms with Crippen molar-refractivity contribution < 1.29 is 0 Å². The molecule has 0 aromatic heterocycles. The Kier molecular flexibility index (Phi) is 6.79. The maximum Gasteiger partial charge on any atom is -0.0124 e. The van der Waals surface area contributed by atoms with E-state index in [0.29, 0.717) is 0 Å². The number of allylic oxidation sites excluding steroid dienone is 3. The Morgan fingerprint density at radius 1 is 1.14 bits per heavy atom. The summed E-state index contributed by atoms with van der Waals surface area (Å²) in [4.78, 5) is 0. The van der Waals surface area contributed by atoms with Crippen LogP contribution in [0.25, 0.3) is 0 Å². The second-order valence-corrected chi connectivity index (χ2v) is 6.36. The van der Waals surface area contributed by atoms with Crippen LogP contribution in [0, 0.1) is 0 Å². The van der Waals surface area contributed by atoms with Crippen molar-refractivity contribution in [2.75, 3.05) is 0 Å². The van der Waals surface area contributed by atoms with E-state index in [-0.39, 0.29) is 0 Å². The van der Waals surface area contributed by atoms with Crippen LogP contribution in [0.15, 0.2) is 48.6 Å². The summed E-state index contributed by atoms with van der Waals surface area (Å²) in [5.41, 5.74) is 4.68. The molecule has 0 heterocycles. The highest BCUT2D eigenvalue weighted by Crippen LogP contribution is 2.33. The summed E-state index contributed by atoms with van der Waals surface area (Å²) in [5, 5.41) is 0. The molecule has 1 aromatic carbocycles. The fourth-order valence-electron chi connectivity index (χ4n) is 3.24. The molecule has 21 heavy (non-hydrogen) atoms. The Labute approximate surface area is 131 Å². The van der Waals surface area contributed by atoms with Gasteiger partial charge in [0.2, 0.25) is 0 Å². The van der Waals surface area contributed by atoms with Crippen molar-refractivity contribution in [1.29, 1.82) is 0 Å². The second kappa shape index (κ2) is 8.87. The summed E-state index contributed by atoms with van der Waals surface area (Å²) < 4.78 is 0. The van der Waals surface area contributed by atoms with E-state index in [1.165, 1.54) is 62.5 Å². The van der Waals surface area contributed by atoms with Gasteiger partial charge in [-0.25, -0.2) is 0 Å². The Hall–Kier alpha value is -1.30. The Morgan fingerprint density at radius 3 is 2.57 bits per heavy atom. The smallest absolute Gasteiger partial charge is 0.0124 e. The molecule has 0 bridgehead atoms. The van der Waals surface area contributed by atoms with Crippen LogP contribution in [-0.2, 0) is 6.42 Å². The molecule has 0 spiro atoms. The van der Waals surface area contributed by atoms with Crippen LogP contribution < -0.4 is 0 Å². The third-order valence-corrected chi connectivity index (χ3v) is 4.69. The molecule has 0 fully saturated rings. The molecule has 0 amide bonds. The molecule has 2 rings (SSSR count). The van der Waals surface area contributed by atoms with E-state index >= 15 is 0 Å². The first-order chi connectivity index (χ1) is 10.3. The lowest BCUT2D eigenvalue weighted by Gasteiger charge is -2.22. The molecule has 1 unspecified atom stereocenters. The zero-order valence-corrected chi connectivity index (χ0v) is 13.6. The highest BCUT2D eigenvalue weighted by atomic mass is 14.2. The standard InChI is InChI=1S/C21H30/c1-3-5-7-9-19-12-16-21(17-13-19)20-14-10-18(11-15-20)8-6-4-2/h4,10,12-13,16-17,20H,2-3,5-9,11,14-15H2,1H3. The third-order valence-electron chi connectivity index (χ3n) is 4.69. The number of benzene rings is 1. The van der Waals surface area contributed by atoms with Gasteiger partial charge in [-0.05, 0) is 62.0 Å². The van der Waals surface area contributed by atoms with Gasteiger partial charge in [-0.15, -0.1) is 6.58 Å². The summed E-state index contributed by atoms with van der Waals surface area (Å²) in [6, 6.07) is 9.44. The monoisotopic (exact) mass is 282 g/mol. The Balaban J connectivity index is 1.85. The first-order valence-electron chi connectivity index (χ1n) is 8.71. The van der Waals surface area contributed by atoms with Gasteiger partial charge in [-0.1, -0.05) is 61.8 Å². The number of unbranched alkanes of at least 4 members (excludes halogenated alkanes) is 2. The zero-order chi connectivity index (χ0) is 14.9. The second-order valence-electron chi connectivity index (χ2n) is 6.36. The zero-order valence-electron chi connectivity index (χ0n) is 13.6. The molecule has 0 aliphatic heterocycles. The number of aryl methyl sites for hydroxylation is 1. The van der Waals surface area contributed by atoms with Crippen LogP contribution in [-0.4, -0.2) is 0 Å². The molecular weight excluding hydrogens is 252 g/mol. The van der Waals surface area contributed by atoms with E-state index in [0.717, 1.165) is 12.3 Å². The van der Waals surface area contributed by atoms with Crippen LogP contribution in [0.2, 0.25) is 0 Å². The topological polar surface area (TPSA) is 0 Å². The van der Waals surface area contributed by atoms with Crippen molar-refractivity contribution >= 4 is 0 Å². The molecule has 1 atom stereocenters. The van der Waals surface area contributed by atoms with Gasteiger partial charge < -0.3 is 0 Å². The molecule has 0 saturated heterocycles. The minimum Gasteiger partial charge on any atom is -0.103 e. The SMILES string of the molecule is C=CCCC1=CCC(c2ccc(CCCCC)cc2)CC1. The van der Waals surface area contributed by atoms with E-state index < -0.39 is 0 Å². The van der Waals surface area contributed by atoms with Gasteiger partial charge in [-0.2, -0.15) is 0 Å². The molecule has 0 N–H and O–H groups in total. The van der Waals surface area contributed by atoms with E-state index in [1.807, 2.05) is 6.08 Å². The highest BCUT2D eigenvalue weighted by molar-refractivity contribution is 5.27. The van der Waals surface area contributed by atoms with Gasteiger partial charge >= 0.3 is 0 Å². The molecule has 114 valence electrons. The summed E-state index contributed by atoms with van der Waals surface area (Å²) in [5.74, 6) is 0.738. The predicted octanol–water partition coefficient (Wildman–Crippen LogP) is 6.58. The van der Waals surface area contributed by atoms with Crippen LogP contribution in [0.4, 0.5) is 0 Å². The average Bonchev–Trinajstić information content (AvgIpc) is 2.54. The first-order valence-corrected chi connectivity index (χ1v) is 8.71. The van der Waals surface area contributed by atoms with Crippen LogP contribution in [0.5, 0.6) is 0 Å². The van der Waals surface area contributed by atoms with Gasteiger partial charge in [0.25, 0.3) is 0 Å². The van der Waals surface area contributed by atoms with E-state index in [1.54, 1.807) is 5.57 Å². The fourth-order valence-corrected chi connectivity index (χ4v) is 3.24. The Bertz CT molecular complexity index is 449. The largest absolute Gasteiger partial charge is 0.103 e. The van der Waals surface area contributed by atoms with Crippen molar-refractivity contribution in [1.82, 2.24) is 0 Å². The number of hydrogen-bond donors (Lipinski definition) is 0. The lowest BCUT2D eigenvalue weighted by Crippen LogP contribution is -2.04. The molecule has 0 nitrogen and oxygen atoms in total. The molecule has 1 aliphatic carbocycles. The molecule has 0 saturated carbocycles. The predicted molar refractivity (Wildman–Crippen MR) is 93.8 cm³/mol. The van der Waals surface area contributed by atoms with Gasteiger partial charge in [0.1, 0.15) is 0 Å². The van der Waals surface area contributed by atoms with Crippen LogP contribution >= 0.6 is 0 Å². The highest BCUT2D eigenvalue weighted by Gasteiger charge is 2.15. The minimum absolute atomic E-state index is 0.738. The van der Waals surface area contributed by atoms with Gasteiger partial charge in [-0.3, -0.25) is 0 Å². The average molecular weight is 282 g/mol. The van der Waals surface area contributed by atoms with Crippen molar-refractivity contribution in [2.45, 2.75) is 70.6 Å². The summed E-state index contributed by atoms with van der Waals surface area (Å²) in [7, 11) is 0. The maximum atomic E-state index is 3.82. The molecule has 1 aromatic rings. The van der Waals surface area contributed by atoms with Crippen LogP contribution in [0.1, 0.15) is 75.3 Å². The van der Waals surface area contributed by atoms with Crippen molar-refractivity contribution in [2.24, 2.45) is 0 Å². The van der Waals surface area contributed by atoms with Gasteiger partial charge in [0.15, 0.2) is 0 Å². The number of rotatable bonds is 8. The lowest BCUT2D eigenvalue weighted by molar-refractivity contribution is 0.586. The first kappa shape index (κ1) is 16.1. The van der Waals surface area contributed by atoms with E-state index in [4.69, 9.17) is 0 Å². The number of hydrogen-bond acceptors (Lipinski definition) is 0. The van der Waals surface area contributed by atoms with E-state index in [2.05, 4.69) is 43.8 Å². The summed E-state index contributed by atoms with van der Waals surface area (Å²) in [6.45, 7) is 6.08. The van der Waals surface area contributed by atoms with Crippen molar-refractivity contribution in [3.63, 3.8) is 0 Å². The van der Waals surface area contributed by atoms with Crippen molar-refractivity contribution in [3.05, 3.63) is 59.7 Å². The normalized spacial score (nSPS) is 18.3. The van der Waals surface area contributed by atoms with E-state index in [9.17, 15) is 0 Å². The van der Waals surface area contributed by atoms with Gasteiger partial charge in [0.05, 0.1) is 0 Å². The molecule has 1 aliphatic rings.